The van der Waals surface area contributed by atoms with Crippen LogP contribution < -0.4 is 5.32 Å². The van der Waals surface area contributed by atoms with E-state index in [2.05, 4.69) is 15.2 Å². The zero-order valence-electron chi connectivity index (χ0n) is 13.1. The lowest BCUT2D eigenvalue weighted by molar-refractivity contribution is 0.0950. The smallest absolute Gasteiger partial charge is 0.273 e. The van der Waals surface area contributed by atoms with Crippen molar-refractivity contribution >= 4 is 17.5 Å². The van der Waals surface area contributed by atoms with Gasteiger partial charge in [-0.05, 0) is 31.4 Å². The van der Waals surface area contributed by atoms with Crippen molar-refractivity contribution in [2.24, 2.45) is 0 Å². The summed E-state index contributed by atoms with van der Waals surface area (Å²) in [5, 5.41) is 3.49. The van der Waals surface area contributed by atoms with Crippen LogP contribution in [0, 0.1) is 0 Å². The number of halogens is 1. The molecule has 5 nitrogen and oxygen atoms in total. The normalized spacial score (nSPS) is 14.2. The summed E-state index contributed by atoms with van der Waals surface area (Å²) < 4.78 is 5.46. The van der Waals surface area contributed by atoms with Crippen molar-refractivity contribution in [3.05, 3.63) is 52.7 Å². The van der Waals surface area contributed by atoms with Gasteiger partial charge in [0.2, 0.25) is 5.89 Å². The molecule has 1 aliphatic carbocycles. The summed E-state index contributed by atoms with van der Waals surface area (Å²) in [6, 6.07) is 8.39. The first-order chi connectivity index (χ1) is 11.2. The van der Waals surface area contributed by atoms with Gasteiger partial charge < -0.3 is 9.73 Å². The van der Waals surface area contributed by atoms with Crippen LogP contribution in [-0.2, 0) is 13.1 Å². The van der Waals surface area contributed by atoms with Gasteiger partial charge >= 0.3 is 0 Å². The summed E-state index contributed by atoms with van der Waals surface area (Å²) in [4.78, 5) is 18.4. The van der Waals surface area contributed by atoms with Crippen LogP contribution in [0.15, 0.2) is 34.9 Å². The van der Waals surface area contributed by atoms with Crippen LogP contribution in [0.3, 0.4) is 0 Å². The van der Waals surface area contributed by atoms with Gasteiger partial charge in [-0.15, -0.1) is 0 Å². The van der Waals surface area contributed by atoms with Crippen molar-refractivity contribution in [2.75, 3.05) is 6.54 Å². The zero-order chi connectivity index (χ0) is 16.2. The minimum Gasteiger partial charge on any atom is -0.447 e. The number of nitrogens with zero attached hydrogens (tertiary/aromatic N) is 2. The lowest BCUT2D eigenvalue weighted by Gasteiger charge is -2.20. The van der Waals surface area contributed by atoms with Crippen LogP contribution in [0.1, 0.15) is 41.7 Å². The lowest BCUT2D eigenvalue weighted by Crippen LogP contribution is -2.26. The second kappa shape index (κ2) is 7.15. The first kappa shape index (κ1) is 16.0. The van der Waals surface area contributed by atoms with Gasteiger partial charge in [-0.1, -0.05) is 29.8 Å². The molecular formula is C17H20ClN3O2. The molecule has 1 heterocycles. The molecule has 0 unspecified atom stereocenters. The number of rotatable bonds is 7. The molecule has 0 saturated heterocycles. The molecule has 122 valence electrons. The van der Waals surface area contributed by atoms with Gasteiger partial charge in [-0.3, -0.25) is 9.69 Å². The number of benzene rings is 1. The fourth-order valence-corrected chi connectivity index (χ4v) is 2.71. The standard InChI is InChI=1S/C17H20ClN3O2/c1-2-19-17(22)15-11-23-16(20-15)10-21(13-7-8-13)9-12-5-3-4-6-14(12)18/h3-6,11,13H,2,7-10H2,1H3,(H,19,22). The van der Waals surface area contributed by atoms with Crippen LogP contribution in [-0.4, -0.2) is 28.4 Å². The Labute approximate surface area is 140 Å². The predicted octanol–water partition coefficient (Wildman–Crippen LogP) is 3.24. The minimum absolute atomic E-state index is 0.202. The Balaban J connectivity index is 1.68. The molecule has 1 aliphatic rings. The summed E-state index contributed by atoms with van der Waals surface area (Å²) in [6.07, 6.45) is 3.77. The van der Waals surface area contributed by atoms with E-state index in [4.69, 9.17) is 16.0 Å². The van der Waals surface area contributed by atoms with Crippen molar-refractivity contribution in [3.63, 3.8) is 0 Å². The molecule has 1 N–H and O–H groups in total. The van der Waals surface area contributed by atoms with Gasteiger partial charge in [0, 0.05) is 24.2 Å². The number of hydrogen-bond donors (Lipinski definition) is 1. The highest BCUT2D eigenvalue weighted by Gasteiger charge is 2.30. The Morgan fingerprint density at radius 2 is 2.17 bits per heavy atom. The van der Waals surface area contributed by atoms with Crippen molar-refractivity contribution in [1.82, 2.24) is 15.2 Å². The largest absolute Gasteiger partial charge is 0.447 e. The first-order valence-corrected chi connectivity index (χ1v) is 8.25. The summed E-state index contributed by atoms with van der Waals surface area (Å²) >= 11 is 6.26. The van der Waals surface area contributed by atoms with E-state index in [0.29, 0.717) is 30.7 Å². The van der Waals surface area contributed by atoms with Crippen molar-refractivity contribution in [2.45, 2.75) is 38.9 Å². The number of aromatic nitrogens is 1. The fraction of sp³-hybridized carbons (Fsp3) is 0.412. The summed E-state index contributed by atoms with van der Waals surface area (Å²) in [6.45, 7) is 3.78. The predicted molar refractivity (Wildman–Crippen MR) is 88.2 cm³/mol. The van der Waals surface area contributed by atoms with Gasteiger partial charge in [0.05, 0.1) is 6.54 Å². The molecule has 23 heavy (non-hydrogen) atoms. The highest BCUT2D eigenvalue weighted by atomic mass is 35.5. The van der Waals surface area contributed by atoms with Gasteiger partial charge in [0.15, 0.2) is 5.69 Å². The van der Waals surface area contributed by atoms with Gasteiger partial charge in [0.1, 0.15) is 6.26 Å². The molecular weight excluding hydrogens is 314 g/mol. The van der Waals surface area contributed by atoms with Crippen molar-refractivity contribution in [1.29, 1.82) is 0 Å². The second-order valence-electron chi connectivity index (χ2n) is 5.71. The van der Waals surface area contributed by atoms with Crippen LogP contribution >= 0.6 is 11.6 Å². The maximum atomic E-state index is 11.8. The third kappa shape index (κ3) is 4.12. The average molecular weight is 334 g/mol. The molecule has 0 radical (unpaired) electrons. The van der Waals surface area contributed by atoms with Crippen LogP contribution in [0.25, 0.3) is 0 Å². The molecule has 0 atom stereocenters. The number of carbonyl (C=O) groups excluding carboxylic acids is 1. The molecule has 1 aromatic heterocycles. The van der Waals surface area contributed by atoms with E-state index in [0.717, 1.165) is 17.1 Å². The Hall–Kier alpha value is -1.85. The number of hydrogen-bond acceptors (Lipinski definition) is 4. The maximum Gasteiger partial charge on any atom is 0.273 e. The van der Waals surface area contributed by atoms with Crippen LogP contribution in [0.2, 0.25) is 5.02 Å². The molecule has 0 spiro atoms. The summed E-state index contributed by atoms with van der Waals surface area (Å²) in [5.74, 6) is 0.358. The number of carbonyl (C=O) groups is 1. The molecule has 1 saturated carbocycles. The SMILES string of the molecule is CCNC(=O)c1coc(CN(Cc2ccccc2Cl)C2CC2)n1. The lowest BCUT2D eigenvalue weighted by atomic mass is 10.2. The Morgan fingerprint density at radius 1 is 1.39 bits per heavy atom. The van der Waals surface area contributed by atoms with E-state index in [1.165, 1.54) is 19.1 Å². The average Bonchev–Trinajstić information content (AvgIpc) is 3.28. The molecule has 0 aliphatic heterocycles. The van der Waals surface area contributed by atoms with E-state index < -0.39 is 0 Å². The quantitative estimate of drug-likeness (QED) is 0.845. The summed E-state index contributed by atoms with van der Waals surface area (Å²) in [5.41, 5.74) is 1.42. The minimum atomic E-state index is -0.202. The van der Waals surface area contributed by atoms with Crippen molar-refractivity contribution < 1.29 is 9.21 Å². The first-order valence-electron chi connectivity index (χ1n) is 7.87. The van der Waals surface area contributed by atoms with E-state index in [1.807, 2.05) is 31.2 Å². The maximum absolute atomic E-state index is 11.8. The summed E-state index contributed by atoms with van der Waals surface area (Å²) in [7, 11) is 0. The molecule has 0 bridgehead atoms. The third-order valence-corrected chi connectivity index (χ3v) is 4.22. The number of oxazole rings is 1. The van der Waals surface area contributed by atoms with E-state index >= 15 is 0 Å². The monoisotopic (exact) mass is 333 g/mol. The third-order valence-electron chi connectivity index (χ3n) is 3.85. The van der Waals surface area contributed by atoms with E-state index in [-0.39, 0.29) is 5.91 Å². The molecule has 2 aromatic rings. The van der Waals surface area contributed by atoms with Crippen LogP contribution in [0.4, 0.5) is 0 Å². The Bertz CT molecular complexity index is 682. The molecule has 1 aromatic carbocycles. The van der Waals surface area contributed by atoms with Gasteiger partial charge in [-0.25, -0.2) is 4.98 Å². The number of nitrogens with one attached hydrogen (secondary N) is 1. The molecule has 6 heteroatoms. The second-order valence-corrected chi connectivity index (χ2v) is 6.12. The Morgan fingerprint density at radius 3 is 2.87 bits per heavy atom. The van der Waals surface area contributed by atoms with Crippen molar-refractivity contribution in [3.8, 4) is 0 Å². The van der Waals surface area contributed by atoms with Gasteiger partial charge in [-0.2, -0.15) is 0 Å². The van der Waals surface area contributed by atoms with E-state index in [9.17, 15) is 4.79 Å². The highest BCUT2D eigenvalue weighted by molar-refractivity contribution is 6.31. The molecule has 1 amide bonds. The highest BCUT2D eigenvalue weighted by Crippen LogP contribution is 2.31. The molecule has 3 rings (SSSR count). The Kier molecular flexibility index (Phi) is 4.98. The van der Waals surface area contributed by atoms with E-state index in [1.54, 1.807) is 0 Å². The number of amides is 1. The fourth-order valence-electron chi connectivity index (χ4n) is 2.51. The van der Waals surface area contributed by atoms with Gasteiger partial charge in [0.25, 0.3) is 5.91 Å². The molecule has 1 fully saturated rings. The topological polar surface area (TPSA) is 58.4 Å². The van der Waals surface area contributed by atoms with Crippen LogP contribution in [0.5, 0.6) is 0 Å². The zero-order valence-corrected chi connectivity index (χ0v) is 13.8.